The highest BCUT2D eigenvalue weighted by Crippen LogP contribution is 2.33. The minimum atomic E-state index is 0.0153. The van der Waals surface area contributed by atoms with E-state index in [1.54, 1.807) is 12.1 Å². The average molecular weight is 191 g/mol. The number of amides is 1. The van der Waals surface area contributed by atoms with Crippen LogP contribution in [-0.4, -0.2) is 11.0 Å². The number of hydrogen-bond donors (Lipinski definition) is 2. The molecule has 2 rings (SSSR count). The van der Waals surface area contributed by atoms with E-state index in [4.69, 9.17) is 0 Å². The molecule has 1 heterocycles. The van der Waals surface area contributed by atoms with Gasteiger partial charge in [-0.1, -0.05) is 19.1 Å². The van der Waals surface area contributed by atoms with E-state index in [2.05, 4.69) is 5.32 Å². The molecule has 0 radical (unpaired) electrons. The number of para-hydroxylation sites is 1. The van der Waals surface area contributed by atoms with Gasteiger partial charge in [-0.25, -0.2) is 0 Å². The van der Waals surface area contributed by atoms with Gasteiger partial charge in [0.1, 0.15) is 5.75 Å². The van der Waals surface area contributed by atoms with Crippen LogP contribution in [0.4, 0.5) is 5.69 Å². The zero-order chi connectivity index (χ0) is 10.1. The molecule has 1 aliphatic heterocycles. The second-order valence-corrected chi connectivity index (χ2v) is 3.61. The lowest BCUT2D eigenvalue weighted by molar-refractivity contribution is -0.120. The molecule has 3 nitrogen and oxygen atoms in total. The summed E-state index contributed by atoms with van der Waals surface area (Å²) in [4.78, 5) is 11.5. The number of carbonyl (C=O) groups is 1. The Morgan fingerprint density at radius 3 is 3.07 bits per heavy atom. The fourth-order valence-electron chi connectivity index (χ4n) is 1.81. The zero-order valence-electron chi connectivity index (χ0n) is 8.08. The normalized spacial score (nSPS) is 20.1. The van der Waals surface area contributed by atoms with Gasteiger partial charge in [-0.15, -0.1) is 0 Å². The van der Waals surface area contributed by atoms with Gasteiger partial charge in [-0.05, 0) is 24.5 Å². The van der Waals surface area contributed by atoms with Gasteiger partial charge >= 0.3 is 0 Å². The Morgan fingerprint density at radius 1 is 1.57 bits per heavy atom. The summed E-state index contributed by atoms with van der Waals surface area (Å²) < 4.78 is 0. The third kappa shape index (κ3) is 1.35. The van der Waals surface area contributed by atoms with Crippen LogP contribution in [0.15, 0.2) is 18.2 Å². The molecular weight excluding hydrogens is 178 g/mol. The van der Waals surface area contributed by atoms with Crippen LogP contribution < -0.4 is 5.32 Å². The SMILES string of the molecule is CCC1Cc2cccc(O)c2NC1=O. The van der Waals surface area contributed by atoms with Gasteiger partial charge in [0.15, 0.2) is 0 Å². The highest BCUT2D eigenvalue weighted by Gasteiger charge is 2.25. The summed E-state index contributed by atoms with van der Waals surface area (Å²) in [6, 6.07) is 5.33. The highest BCUT2D eigenvalue weighted by molar-refractivity contribution is 5.97. The molecule has 3 heteroatoms. The molecule has 0 spiro atoms. The summed E-state index contributed by atoms with van der Waals surface area (Å²) in [5.74, 6) is 0.219. The molecule has 2 N–H and O–H groups in total. The largest absolute Gasteiger partial charge is 0.506 e. The standard InChI is InChI=1S/C11H13NO2/c1-2-7-6-8-4-3-5-9(13)10(8)12-11(7)14/h3-5,7,13H,2,6H2,1H3,(H,12,14). The lowest BCUT2D eigenvalue weighted by Gasteiger charge is -2.24. The van der Waals surface area contributed by atoms with Crippen LogP contribution in [0, 0.1) is 5.92 Å². The van der Waals surface area contributed by atoms with Crippen LogP contribution in [0.25, 0.3) is 0 Å². The molecule has 0 fully saturated rings. The van der Waals surface area contributed by atoms with Gasteiger partial charge < -0.3 is 10.4 Å². The first-order valence-corrected chi connectivity index (χ1v) is 4.84. The molecule has 0 saturated carbocycles. The van der Waals surface area contributed by atoms with Crippen molar-refractivity contribution in [2.24, 2.45) is 5.92 Å². The van der Waals surface area contributed by atoms with E-state index >= 15 is 0 Å². The maximum absolute atomic E-state index is 11.5. The summed E-state index contributed by atoms with van der Waals surface area (Å²) >= 11 is 0. The maximum Gasteiger partial charge on any atom is 0.227 e. The van der Waals surface area contributed by atoms with E-state index in [9.17, 15) is 9.90 Å². The van der Waals surface area contributed by atoms with Crippen molar-refractivity contribution in [2.45, 2.75) is 19.8 Å². The maximum atomic E-state index is 11.5. The summed E-state index contributed by atoms with van der Waals surface area (Å²) in [6.45, 7) is 2.00. The molecule has 0 bridgehead atoms. The Kier molecular flexibility index (Phi) is 2.15. The second kappa shape index (κ2) is 3.33. The molecule has 74 valence electrons. The molecule has 1 amide bonds. The summed E-state index contributed by atoms with van der Waals surface area (Å²) in [7, 11) is 0. The summed E-state index contributed by atoms with van der Waals surface area (Å²) in [5, 5.41) is 12.3. The molecule has 1 aromatic carbocycles. The average Bonchev–Trinajstić information content (AvgIpc) is 2.19. The van der Waals surface area contributed by atoms with Crippen molar-refractivity contribution < 1.29 is 9.90 Å². The minimum absolute atomic E-state index is 0.0153. The first-order chi connectivity index (χ1) is 6.72. The second-order valence-electron chi connectivity index (χ2n) is 3.61. The third-order valence-electron chi connectivity index (χ3n) is 2.71. The lowest BCUT2D eigenvalue weighted by Crippen LogP contribution is -2.29. The third-order valence-corrected chi connectivity index (χ3v) is 2.71. The van der Waals surface area contributed by atoms with Crippen molar-refractivity contribution in [2.75, 3.05) is 5.32 Å². The molecule has 1 aromatic rings. The molecular formula is C11H13NO2. The molecule has 1 unspecified atom stereocenters. The van der Waals surface area contributed by atoms with E-state index in [0.29, 0.717) is 5.69 Å². The van der Waals surface area contributed by atoms with Gasteiger partial charge in [0.05, 0.1) is 5.69 Å². The van der Waals surface area contributed by atoms with Crippen LogP contribution in [0.3, 0.4) is 0 Å². The predicted molar refractivity (Wildman–Crippen MR) is 54.2 cm³/mol. The Balaban J connectivity index is 2.40. The van der Waals surface area contributed by atoms with Crippen molar-refractivity contribution >= 4 is 11.6 Å². The van der Waals surface area contributed by atoms with Gasteiger partial charge in [-0.3, -0.25) is 4.79 Å². The van der Waals surface area contributed by atoms with E-state index in [1.165, 1.54) is 0 Å². The molecule has 0 aliphatic carbocycles. The Morgan fingerprint density at radius 2 is 2.36 bits per heavy atom. The van der Waals surface area contributed by atoms with Gasteiger partial charge in [0.2, 0.25) is 5.91 Å². The molecule has 1 atom stereocenters. The fraction of sp³-hybridized carbons (Fsp3) is 0.364. The van der Waals surface area contributed by atoms with Crippen molar-refractivity contribution in [3.63, 3.8) is 0 Å². The van der Waals surface area contributed by atoms with Gasteiger partial charge in [-0.2, -0.15) is 0 Å². The van der Waals surface area contributed by atoms with Crippen LogP contribution in [0.1, 0.15) is 18.9 Å². The highest BCUT2D eigenvalue weighted by atomic mass is 16.3. The number of fused-ring (bicyclic) bond motifs is 1. The lowest BCUT2D eigenvalue weighted by atomic mass is 9.91. The molecule has 1 aliphatic rings. The van der Waals surface area contributed by atoms with Crippen molar-refractivity contribution in [3.8, 4) is 5.75 Å². The summed E-state index contributed by atoms with van der Waals surface area (Å²) in [6.07, 6.45) is 1.56. The van der Waals surface area contributed by atoms with Crippen molar-refractivity contribution in [3.05, 3.63) is 23.8 Å². The quantitative estimate of drug-likeness (QED) is 0.666. The Labute approximate surface area is 82.8 Å². The zero-order valence-corrected chi connectivity index (χ0v) is 8.08. The van der Waals surface area contributed by atoms with Crippen molar-refractivity contribution in [1.82, 2.24) is 0 Å². The minimum Gasteiger partial charge on any atom is -0.506 e. The number of carbonyl (C=O) groups excluding carboxylic acids is 1. The number of hydrogen-bond acceptors (Lipinski definition) is 2. The smallest absolute Gasteiger partial charge is 0.227 e. The first-order valence-electron chi connectivity index (χ1n) is 4.84. The van der Waals surface area contributed by atoms with Crippen LogP contribution in [-0.2, 0) is 11.2 Å². The first kappa shape index (κ1) is 9.06. The molecule has 0 saturated heterocycles. The fourth-order valence-corrected chi connectivity index (χ4v) is 1.81. The monoisotopic (exact) mass is 191 g/mol. The van der Waals surface area contributed by atoms with E-state index < -0.39 is 0 Å². The number of phenols is 1. The van der Waals surface area contributed by atoms with Crippen LogP contribution in [0.2, 0.25) is 0 Å². The Bertz CT molecular complexity index is 374. The number of rotatable bonds is 1. The number of benzene rings is 1. The number of phenolic OH excluding ortho intramolecular Hbond substituents is 1. The van der Waals surface area contributed by atoms with Gasteiger partial charge in [0.25, 0.3) is 0 Å². The number of anilines is 1. The predicted octanol–water partition coefficient (Wildman–Crippen LogP) is 1.91. The van der Waals surface area contributed by atoms with Crippen molar-refractivity contribution in [1.29, 1.82) is 0 Å². The van der Waals surface area contributed by atoms with E-state index in [0.717, 1.165) is 18.4 Å². The molecule has 14 heavy (non-hydrogen) atoms. The summed E-state index contributed by atoms with van der Waals surface area (Å²) in [5.41, 5.74) is 1.61. The van der Waals surface area contributed by atoms with Crippen LogP contribution in [0.5, 0.6) is 5.75 Å². The van der Waals surface area contributed by atoms with Crippen LogP contribution >= 0.6 is 0 Å². The van der Waals surface area contributed by atoms with E-state index in [1.807, 2.05) is 13.0 Å². The Hall–Kier alpha value is -1.51. The van der Waals surface area contributed by atoms with E-state index in [-0.39, 0.29) is 17.6 Å². The molecule has 0 aromatic heterocycles. The number of aromatic hydroxyl groups is 1. The number of nitrogens with one attached hydrogen (secondary N) is 1. The topological polar surface area (TPSA) is 49.3 Å². The van der Waals surface area contributed by atoms with Gasteiger partial charge in [0, 0.05) is 5.92 Å².